The Morgan fingerprint density at radius 1 is 1.00 bits per heavy atom. The summed E-state index contributed by atoms with van der Waals surface area (Å²) < 4.78 is 32.6. The summed E-state index contributed by atoms with van der Waals surface area (Å²) in [5, 5.41) is 3.06. The lowest BCUT2D eigenvalue weighted by molar-refractivity contribution is -0.126. The minimum absolute atomic E-state index is 0.120. The fourth-order valence-corrected chi connectivity index (χ4v) is 3.86. The maximum Gasteiger partial charge on any atom is 0.256 e. The summed E-state index contributed by atoms with van der Waals surface area (Å²) in [6, 6.07) is 15.6. The van der Waals surface area contributed by atoms with E-state index >= 15 is 0 Å². The van der Waals surface area contributed by atoms with Crippen LogP contribution >= 0.6 is 0 Å². The Morgan fingerprint density at radius 2 is 1.74 bits per heavy atom. The Balaban J connectivity index is 1.40. The highest BCUT2D eigenvalue weighted by Gasteiger charge is 2.31. The van der Waals surface area contributed by atoms with Gasteiger partial charge in [-0.15, -0.1) is 0 Å². The van der Waals surface area contributed by atoms with Crippen LogP contribution in [-0.4, -0.2) is 29.8 Å². The Morgan fingerprint density at radius 3 is 2.39 bits per heavy atom. The van der Waals surface area contributed by atoms with Crippen molar-refractivity contribution >= 4 is 11.8 Å². The third kappa shape index (κ3) is 4.66. The van der Waals surface area contributed by atoms with Gasteiger partial charge >= 0.3 is 0 Å². The summed E-state index contributed by atoms with van der Waals surface area (Å²) in [5.74, 6) is -1.86. The van der Waals surface area contributed by atoms with E-state index in [1.54, 1.807) is 12.3 Å². The molecule has 0 saturated carbocycles. The zero-order chi connectivity index (χ0) is 21.8. The molecule has 1 fully saturated rings. The van der Waals surface area contributed by atoms with Crippen molar-refractivity contribution in [3.8, 4) is 0 Å². The molecular weight excluding hydrogens is 402 g/mol. The van der Waals surface area contributed by atoms with Gasteiger partial charge in [0.1, 0.15) is 23.4 Å². The highest BCUT2D eigenvalue weighted by molar-refractivity contribution is 5.94. The zero-order valence-corrected chi connectivity index (χ0v) is 16.8. The van der Waals surface area contributed by atoms with Crippen LogP contribution in [0.25, 0.3) is 0 Å². The lowest BCUT2D eigenvalue weighted by Crippen LogP contribution is -2.44. The Hall–Kier alpha value is -3.48. The first kappa shape index (κ1) is 20.8. The summed E-state index contributed by atoms with van der Waals surface area (Å²) >= 11 is 0. The average Bonchev–Trinajstić information content (AvgIpc) is 3.32. The van der Waals surface area contributed by atoms with Gasteiger partial charge in [-0.1, -0.05) is 30.3 Å². The molecule has 1 aliphatic rings. The number of nitrogens with one attached hydrogen (secondary N) is 1. The van der Waals surface area contributed by atoms with Gasteiger partial charge in [-0.05, 0) is 42.7 Å². The molecule has 31 heavy (non-hydrogen) atoms. The number of amides is 2. The van der Waals surface area contributed by atoms with Gasteiger partial charge in [-0.25, -0.2) is 8.78 Å². The summed E-state index contributed by atoms with van der Waals surface area (Å²) in [6.07, 6.45) is 2.48. The normalized spacial score (nSPS) is 15.5. The number of carbonyl (C=O) groups excluding carboxylic acids is 2. The van der Waals surface area contributed by atoms with Crippen LogP contribution in [0.5, 0.6) is 0 Å². The van der Waals surface area contributed by atoms with Crippen LogP contribution in [0, 0.1) is 17.6 Å². The predicted molar refractivity (Wildman–Crippen MR) is 110 cm³/mol. The number of hydrogen-bond donors (Lipinski definition) is 1. The van der Waals surface area contributed by atoms with Crippen molar-refractivity contribution in [2.24, 2.45) is 5.92 Å². The molecule has 2 aromatic carbocycles. The van der Waals surface area contributed by atoms with Crippen molar-refractivity contribution in [2.75, 3.05) is 13.1 Å². The number of furan rings is 1. The van der Waals surface area contributed by atoms with Crippen LogP contribution in [0.1, 0.15) is 40.6 Å². The molecule has 2 heterocycles. The quantitative estimate of drug-likeness (QED) is 0.664. The van der Waals surface area contributed by atoms with Crippen molar-refractivity contribution in [3.05, 3.63) is 95.4 Å². The molecule has 1 atom stereocenters. The first-order valence-electron chi connectivity index (χ1n) is 10.2. The molecule has 0 spiro atoms. The molecule has 3 aromatic rings. The molecule has 1 unspecified atom stereocenters. The van der Waals surface area contributed by atoms with Gasteiger partial charge in [0.2, 0.25) is 5.91 Å². The number of rotatable bonds is 5. The monoisotopic (exact) mass is 424 g/mol. The molecule has 2 amide bonds. The van der Waals surface area contributed by atoms with Crippen molar-refractivity contribution in [1.29, 1.82) is 0 Å². The van der Waals surface area contributed by atoms with Gasteiger partial charge in [-0.3, -0.25) is 9.59 Å². The van der Waals surface area contributed by atoms with Crippen LogP contribution in [0.15, 0.2) is 71.3 Å². The molecule has 1 saturated heterocycles. The van der Waals surface area contributed by atoms with Crippen LogP contribution < -0.4 is 5.32 Å². The third-order valence-corrected chi connectivity index (χ3v) is 5.56. The van der Waals surface area contributed by atoms with E-state index in [0.717, 1.165) is 17.7 Å². The predicted octanol–water partition coefficient (Wildman–Crippen LogP) is 4.32. The molecule has 160 valence electrons. The topological polar surface area (TPSA) is 62.6 Å². The molecule has 1 N–H and O–H groups in total. The number of likely N-dealkylation sites (tertiary alicyclic amines) is 1. The highest BCUT2D eigenvalue weighted by Crippen LogP contribution is 2.25. The second-order valence-electron chi connectivity index (χ2n) is 7.56. The van der Waals surface area contributed by atoms with E-state index in [0.29, 0.717) is 37.8 Å². The van der Waals surface area contributed by atoms with E-state index in [1.807, 2.05) is 36.4 Å². The van der Waals surface area contributed by atoms with Crippen molar-refractivity contribution in [2.45, 2.75) is 18.9 Å². The number of halogens is 2. The zero-order valence-electron chi connectivity index (χ0n) is 16.8. The van der Waals surface area contributed by atoms with Crippen LogP contribution in [-0.2, 0) is 4.79 Å². The fourth-order valence-electron chi connectivity index (χ4n) is 3.86. The van der Waals surface area contributed by atoms with Crippen molar-refractivity contribution < 1.29 is 22.8 Å². The molecular formula is C24H22F2N2O3. The second-order valence-corrected chi connectivity index (χ2v) is 7.56. The minimum Gasteiger partial charge on any atom is -0.467 e. The summed E-state index contributed by atoms with van der Waals surface area (Å²) in [6.45, 7) is 0.648. The first-order chi connectivity index (χ1) is 15.0. The van der Waals surface area contributed by atoms with E-state index < -0.39 is 23.6 Å². The Kier molecular flexibility index (Phi) is 6.11. The lowest BCUT2D eigenvalue weighted by atomic mass is 9.94. The van der Waals surface area contributed by atoms with Crippen molar-refractivity contribution in [1.82, 2.24) is 10.2 Å². The van der Waals surface area contributed by atoms with Gasteiger partial charge < -0.3 is 14.6 Å². The highest BCUT2D eigenvalue weighted by atomic mass is 19.1. The third-order valence-electron chi connectivity index (χ3n) is 5.56. The summed E-state index contributed by atoms with van der Waals surface area (Å²) in [5.41, 5.74) is 0.747. The Bertz CT molecular complexity index is 1050. The van der Waals surface area contributed by atoms with Gasteiger partial charge in [0.15, 0.2) is 0 Å². The molecule has 0 aliphatic carbocycles. The van der Waals surface area contributed by atoms with Crippen LogP contribution in [0.4, 0.5) is 8.78 Å². The maximum absolute atomic E-state index is 13.9. The number of benzene rings is 2. The second kappa shape index (κ2) is 9.12. The van der Waals surface area contributed by atoms with E-state index in [9.17, 15) is 18.4 Å². The van der Waals surface area contributed by atoms with Gasteiger partial charge in [-0.2, -0.15) is 0 Å². The smallest absolute Gasteiger partial charge is 0.256 e. The number of nitrogens with zero attached hydrogens (tertiary/aromatic N) is 1. The van der Waals surface area contributed by atoms with Gasteiger partial charge in [0, 0.05) is 25.1 Å². The van der Waals surface area contributed by atoms with Gasteiger partial charge in [0.25, 0.3) is 5.91 Å². The standard InChI is InChI=1S/C24H22F2N2O3/c25-18-8-9-19(20(26)15-18)24(30)28-12-10-17(11-13-28)23(29)27-22(21-7-4-14-31-21)16-5-2-1-3-6-16/h1-9,14-15,17,22H,10-13H2,(H,27,29). The van der Waals surface area contributed by atoms with E-state index in [-0.39, 0.29) is 17.4 Å². The molecule has 0 radical (unpaired) electrons. The SMILES string of the molecule is O=C(NC(c1ccccc1)c1ccco1)C1CCN(C(=O)c2ccc(F)cc2F)CC1. The number of hydrogen-bond acceptors (Lipinski definition) is 3. The molecule has 4 rings (SSSR count). The van der Waals surface area contributed by atoms with Crippen molar-refractivity contribution in [3.63, 3.8) is 0 Å². The van der Waals surface area contributed by atoms with Crippen LogP contribution in [0.3, 0.4) is 0 Å². The minimum atomic E-state index is -0.881. The van der Waals surface area contributed by atoms with Crippen LogP contribution in [0.2, 0.25) is 0 Å². The molecule has 5 nitrogen and oxygen atoms in total. The number of carbonyl (C=O) groups is 2. The molecule has 7 heteroatoms. The maximum atomic E-state index is 13.9. The summed E-state index contributed by atoms with van der Waals surface area (Å²) in [4.78, 5) is 27.0. The lowest BCUT2D eigenvalue weighted by Gasteiger charge is -2.32. The Labute approximate surface area is 178 Å². The summed E-state index contributed by atoms with van der Waals surface area (Å²) in [7, 11) is 0. The first-order valence-corrected chi connectivity index (χ1v) is 10.2. The van der Waals surface area contributed by atoms with E-state index in [2.05, 4.69) is 5.32 Å². The van der Waals surface area contributed by atoms with E-state index in [1.165, 1.54) is 4.90 Å². The fraction of sp³-hybridized carbons (Fsp3) is 0.250. The van der Waals surface area contributed by atoms with Gasteiger partial charge in [0.05, 0.1) is 11.8 Å². The molecule has 1 aromatic heterocycles. The molecule has 1 aliphatic heterocycles. The largest absolute Gasteiger partial charge is 0.467 e. The van der Waals surface area contributed by atoms with E-state index in [4.69, 9.17) is 4.42 Å². The number of piperidine rings is 1. The average molecular weight is 424 g/mol. The molecule has 0 bridgehead atoms.